The minimum Gasteiger partial charge on any atom is -0.480 e. The summed E-state index contributed by atoms with van der Waals surface area (Å²) in [5.41, 5.74) is 8.55. The number of nitrogens with one attached hydrogen (secondary N) is 2. The highest BCUT2D eigenvalue weighted by Crippen LogP contribution is 2.26. The van der Waals surface area contributed by atoms with Gasteiger partial charge in [0.05, 0.1) is 6.33 Å². The van der Waals surface area contributed by atoms with E-state index in [4.69, 9.17) is 15.7 Å². The Bertz CT molecular complexity index is 443. The molecule has 1 fully saturated rings. The molecule has 0 aliphatic carbocycles. The number of aliphatic carboxylic acids is 1. The summed E-state index contributed by atoms with van der Waals surface area (Å²) >= 11 is 0. The van der Waals surface area contributed by atoms with Gasteiger partial charge in [0.2, 0.25) is 0 Å². The Labute approximate surface area is 108 Å². The first-order valence-electron chi connectivity index (χ1n) is 5.51. The van der Waals surface area contributed by atoms with Gasteiger partial charge in [0, 0.05) is 24.7 Å². The molecule has 0 amide bonds. The highest BCUT2D eigenvalue weighted by atomic mass is 17.4. The van der Waals surface area contributed by atoms with Crippen LogP contribution in [0.1, 0.15) is 12.1 Å². The highest BCUT2D eigenvalue weighted by Gasteiger charge is 2.43. The highest BCUT2D eigenvalue weighted by molar-refractivity contribution is 5.73. The number of carbonyl (C=O) groups is 1. The number of carboxylic acids is 1. The standard InChI is InChI=1S/C10H14N4O5/c11-10(18-19-10)2-1-3-17-14-8(9(15)16)4-7-5-12-6-13-7/h1,3,5-6,8,14H,2,4,11H2,(H,12,13)(H,15,16)/b3-1+. The van der Waals surface area contributed by atoms with Gasteiger partial charge in [0.25, 0.3) is 5.91 Å². The van der Waals surface area contributed by atoms with Gasteiger partial charge in [-0.05, 0) is 6.08 Å². The third kappa shape index (κ3) is 4.34. The normalized spacial score (nSPS) is 18.4. The lowest BCUT2D eigenvalue weighted by Gasteiger charge is -2.11. The Balaban J connectivity index is 1.72. The molecule has 0 bridgehead atoms. The van der Waals surface area contributed by atoms with Crippen molar-refractivity contribution >= 4 is 5.97 Å². The maximum Gasteiger partial charge on any atom is 0.324 e. The molecule has 2 heterocycles. The second kappa shape index (κ2) is 5.80. The molecule has 0 spiro atoms. The first-order chi connectivity index (χ1) is 9.09. The molecule has 0 aromatic carbocycles. The number of rotatable bonds is 8. The number of aromatic nitrogens is 2. The van der Waals surface area contributed by atoms with Crippen LogP contribution in [0.4, 0.5) is 0 Å². The van der Waals surface area contributed by atoms with Crippen molar-refractivity contribution < 1.29 is 24.5 Å². The minimum absolute atomic E-state index is 0.218. The summed E-state index contributed by atoms with van der Waals surface area (Å²) in [6.07, 6.45) is 6.37. The molecule has 1 aromatic heterocycles. The number of hydrogen-bond donors (Lipinski definition) is 4. The van der Waals surface area contributed by atoms with Crippen molar-refractivity contribution in [2.75, 3.05) is 0 Å². The third-order valence-corrected chi connectivity index (χ3v) is 2.35. The average molecular weight is 270 g/mol. The molecule has 5 N–H and O–H groups in total. The molecule has 1 atom stereocenters. The molecule has 2 rings (SSSR count). The van der Waals surface area contributed by atoms with E-state index in [9.17, 15) is 4.79 Å². The minimum atomic E-state index is -1.07. The zero-order chi connectivity index (χ0) is 13.7. The largest absolute Gasteiger partial charge is 0.480 e. The number of nitrogens with two attached hydrogens (primary N) is 1. The number of aromatic amines is 1. The quantitative estimate of drug-likeness (QED) is 0.213. The van der Waals surface area contributed by atoms with Crippen molar-refractivity contribution in [3.8, 4) is 0 Å². The van der Waals surface area contributed by atoms with Crippen molar-refractivity contribution in [2.45, 2.75) is 24.8 Å². The Morgan fingerprint density at radius 1 is 1.74 bits per heavy atom. The molecule has 0 radical (unpaired) electrons. The summed E-state index contributed by atoms with van der Waals surface area (Å²) in [5, 5.41) is 9.01. The van der Waals surface area contributed by atoms with Gasteiger partial charge >= 0.3 is 5.97 Å². The smallest absolute Gasteiger partial charge is 0.324 e. The molecular formula is C10H14N4O5. The fourth-order valence-electron chi connectivity index (χ4n) is 1.30. The summed E-state index contributed by atoms with van der Waals surface area (Å²) in [5.74, 6) is -2.10. The van der Waals surface area contributed by atoms with E-state index < -0.39 is 17.9 Å². The Kier molecular flexibility index (Phi) is 4.12. The van der Waals surface area contributed by atoms with Gasteiger partial charge in [-0.1, -0.05) is 0 Å². The van der Waals surface area contributed by atoms with Crippen molar-refractivity contribution in [3.63, 3.8) is 0 Å². The Morgan fingerprint density at radius 2 is 2.53 bits per heavy atom. The van der Waals surface area contributed by atoms with Crippen LogP contribution in [-0.4, -0.2) is 33.0 Å². The predicted molar refractivity (Wildman–Crippen MR) is 60.8 cm³/mol. The lowest BCUT2D eigenvalue weighted by Crippen LogP contribution is -2.37. The number of H-pyrrole nitrogens is 1. The molecule has 9 nitrogen and oxygen atoms in total. The van der Waals surface area contributed by atoms with Crippen molar-refractivity contribution in [1.29, 1.82) is 0 Å². The lowest BCUT2D eigenvalue weighted by molar-refractivity contribution is -0.142. The molecular weight excluding hydrogens is 256 g/mol. The van der Waals surface area contributed by atoms with E-state index in [0.29, 0.717) is 12.1 Å². The van der Waals surface area contributed by atoms with Gasteiger partial charge in [-0.25, -0.2) is 4.98 Å². The van der Waals surface area contributed by atoms with Crippen LogP contribution < -0.4 is 11.2 Å². The predicted octanol–water partition coefficient (Wildman–Crippen LogP) is -0.595. The van der Waals surface area contributed by atoms with Gasteiger partial charge in [0.1, 0.15) is 12.3 Å². The van der Waals surface area contributed by atoms with Crippen LogP contribution in [0.25, 0.3) is 0 Å². The fraction of sp³-hybridized carbons (Fsp3) is 0.400. The molecule has 1 aliphatic rings. The number of imidazole rings is 1. The fourth-order valence-corrected chi connectivity index (χ4v) is 1.30. The van der Waals surface area contributed by atoms with Crippen LogP contribution in [-0.2, 0) is 25.8 Å². The second-order valence-electron chi connectivity index (χ2n) is 3.96. The SMILES string of the molecule is NC1(C/C=C/ONC(Cc2cnc[nH]2)C(=O)O)OO1. The van der Waals surface area contributed by atoms with E-state index in [1.54, 1.807) is 12.3 Å². The molecule has 1 unspecified atom stereocenters. The van der Waals surface area contributed by atoms with E-state index >= 15 is 0 Å². The maximum atomic E-state index is 11.0. The van der Waals surface area contributed by atoms with E-state index in [2.05, 4.69) is 25.2 Å². The van der Waals surface area contributed by atoms with E-state index in [-0.39, 0.29) is 6.42 Å². The van der Waals surface area contributed by atoms with Gasteiger partial charge in [-0.2, -0.15) is 9.78 Å². The van der Waals surface area contributed by atoms with Crippen LogP contribution in [0.2, 0.25) is 0 Å². The molecule has 1 saturated heterocycles. The van der Waals surface area contributed by atoms with Crippen LogP contribution >= 0.6 is 0 Å². The van der Waals surface area contributed by atoms with Gasteiger partial charge < -0.3 is 14.9 Å². The number of hydroxylamine groups is 1. The lowest BCUT2D eigenvalue weighted by atomic mass is 10.2. The zero-order valence-corrected chi connectivity index (χ0v) is 9.91. The van der Waals surface area contributed by atoms with Gasteiger partial charge in [0.15, 0.2) is 0 Å². The molecule has 1 aliphatic heterocycles. The van der Waals surface area contributed by atoms with Gasteiger partial charge in [-0.15, -0.1) is 5.48 Å². The van der Waals surface area contributed by atoms with Crippen LogP contribution in [0, 0.1) is 0 Å². The topological polar surface area (TPSA) is 138 Å². The Morgan fingerprint density at radius 3 is 3.11 bits per heavy atom. The summed E-state index contributed by atoms with van der Waals surface area (Å²) < 4.78 is 0. The summed E-state index contributed by atoms with van der Waals surface area (Å²) in [6.45, 7) is 0. The van der Waals surface area contributed by atoms with E-state index in [1.807, 2.05) is 0 Å². The molecule has 9 heteroatoms. The number of hydrogen-bond acceptors (Lipinski definition) is 7. The first-order valence-corrected chi connectivity index (χ1v) is 5.51. The third-order valence-electron chi connectivity index (χ3n) is 2.35. The van der Waals surface area contributed by atoms with E-state index in [1.165, 1.54) is 12.6 Å². The van der Waals surface area contributed by atoms with Crippen LogP contribution in [0.15, 0.2) is 24.9 Å². The van der Waals surface area contributed by atoms with Crippen LogP contribution in [0.3, 0.4) is 0 Å². The van der Waals surface area contributed by atoms with Crippen molar-refractivity contribution in [1.82, 2.24) is 15.4 Å². The zero-order valence-electron chi connectivity index (χ0n) is 9.91. The Hall–Kier alpha value is -1.94. The maximum absolute atomic E-state index is 11.0. The molecule has 1 aromatic rings. The molecule has 104 valence electrons. The average Bonchev–Trinajstić information content (AvgIpc) is 2.90. The summed E-state index contributed by atoms with van der Waals surface area (Å²) in [4.78, 5) is 31.5. The second-order valence-corrected chi connectivity index (χ2v) is 3.96. The molecule has 19 heavy (non-hydrogen) atoms. The molecule has 0 saturated carbocycles. The first kappa shape index (κ1) is 13.5. The summed E-state index contributed by atoms with van der Waals surface area (Å²) in [6, 6.07) is -0.898. The monoisotopic (exact) mass is 270 g/mol. The van der Waals surface area contributed by atoms with Crippen LogP contribution in [0.5, 0.6) is 0 Å². The number of nitrogens with zero attached hydrogens (tertiary/aromatic N) is 1. The van der Waals surface area contributed by atoms with Gasteiger partial charge in [-0.3, -0.25) is 10.5 Å². The van der Waals surface area contributed by atoms with Crippen molar-refractivity contribution in [3.05, 3.63) is 30.6 Å². The number of carboxylic acid groups (broad SMARTS) is 1. The summed E-state index contributed by atoms with van der Waals surface area (Å²) in [7, 11) is 0. The van der Waals surface area contributed by atoms with E-state index in [0.717, 1.165) is 0 Å². The van der Waals surface area contributed by atoms with Crippen molar-refractivity contribution in [2.24, 2.45) is 5.73 Å².